The van der Waals surface area contributed by atoms with Gasteiger partial charge in [-0.3, -0.25) is 4.99 Å². The minimum Gasteiger partial charge on any atom is -0.295 e. The van der Waals surface area contributed by atoms with Gasteiger partial charge in [0.05, 0.1) is 0 Å². The number of aliphatic imine (C=N–C) groups is 1. The van der Waals surface area contributed by atoms with Crippen LogP contribution in [0.15, 0.2) is 4.99 Å². The molecule has 0 aromatic rings. The largest absolute Gasteiger partial charge is 0.295 e. The fraction of sp³-hybridized carbons (Fsp3) is 0.800. The van der Waals surface area contributed by atoms with Gasteiger partial charge in [-0.25, -0.2) is 4.39 Å². The lowest BCUT2D eigenvalue weighted by molar-refractivity contribution is 0.461. The molecule has 1 atom stereocenters. The van der Waals surface area contributed by atoms with E-state index < -0.39 is 6.17 Å². The summed E-state index contributed by atoms with van der Waals surface area (Å²) < 4.78 is 11.7. The van der Waals surface area contributed by atoms with Crippen molar-refractivity contribution >= 4 is 6.21 Å². The Hall–Kier alpha value is -0.400. The molecule has 0 heterocycles. The molecule has 0 saturated carbocycles. The van der Waals surface area contributed by atoms with Crippen LogP contribution in [-0.4, -0.2) is 18.9 Å². The van der Waals surface area contributed by atoms with E-state index in [4.69, 9.17) is 0 Å². The van der Waals surface area contributed by atoms with Gasteiger partial charge in [-0.15, -0.1) is 0 Å². The van der Waals surface area contributed by atoms with Crippen molar-refractivity contribution in [2.45, 2.75) is 20.0 Å². The van der Waals surface area contributed by atoms with Gasteiger partial charge in [-0.2, -0.15) is 0 Å². The standard InChI is InChI=1S/C5H10FN/c1-3-7-4-5(2)6/h4-5H,3H2,1-2H3. The van der Waals surface area contributed by atoms with Gasteiger partial charge in [0.1, 0.15) is 6.17 Å². The number of rotatable bonds is 2. The summed E-state index contributed by atoms with van der Waals surface area (Å²) in [6.07, 6.45) is 0.417. The Morgan fingerprint density at radius 1 is 1.86 bits per heavy atom. The molecule has 0 aromatic heterocycles. The average Bonchev–Trinajstić information content (AvgIpc) is 1.61. The van der Waals surface area contributed by atoms with E-state index in [9.17, 15) is 4.39 Å². The van der Waals surface area contributed by atoms with Crippen LogP contribution in [0.4, 0.5) is 4.39 Å². The zero-order valence-corrected chi connectivity index (χ0v) is 4.69. The molecule has 0 aromatic carbocycles. The van der Waals surface area contributed by atoms with E-state index in [2.05, 4.69) is 4.99 Å². The van der Waals surface area contributed by atoms with Gasteiger partial charge in [0.2, 0.25) is 0 Å². The monoisotopic (exact) mass is 103 g/mol. The molecule has 0 fully saturated rings. The second-order valence-electron chi connectivity index (χ2n) is 1.33. The van der Waals surface area contributed by atoms with E-state index in [1.165, 1.54) is 13.1 Å². The van der Waals surface area contributed by atoms with Gasteiger partial charge >= 0.3 is 0 Å². The first kappa shape index (κ1) is 6.60. The third-order valence-corrected chi connectivity index (χ3v) is 0.493. The number of nitrogens with zero attached hydrogens (tertiary/aromatic N) is 1. The second-order valence-corrected chi connectivity index (χ2v) is 1.33. The summed E-state index contributed by atoms with van der Waals surface area (Å²) >= 11 is 0. The average molecular weight is 103 g/mol. The van der Waals surface area contributed by atoms with Gasteiger partial charge in [0.25, 0.3) is 0 Å². The molecule has 0 bridgehead atoms. The molecular formula is C5H10FN. The molecule has 0 radical (unpaired) electrons. The Bertz CT molecular complexity index is 59.1. The maximum absolute atomic E-state index is 11.7. The Balaban J connectivity index is 3.08. The molecule has 1 unspecified atom stereocenters. The Morgan fingerprint density at radius 3 is 2.57 bits per heavy atom. The molecular weight excluding hydrogens is 93.1 g/mol. The van der Waals surface area contributed by atoms with E-state index in [0.29, 0.717) is 6.54 Å². The van der Waals surface area contributed by atoms with Crippen molar-refractivity contribution in [3.05, 3.63) is 0 Å². The van der Waals surface area contributed by atoms with Gasteiger partial charge in [-0.1, -0.05) is 0 Å². The molecule has 0 aliphatic heterocycles. The molecule has 1 nitrogen and oxygen atoms in total. The second kappa shape index (κ2) is 3.78. The number of alkyl halides is 1. The van der Waals surface area contributed by atoms with Crippen molar-refractivity contribution in [2.75, 3.05) is 6.54 Å². The first-order valence-electron chi connectivity index (χ1n) is 2.41. The zero-order chi connectivity index (χ0) is 5.70. The lowest BCUT2D eigenvalue weighted by atomic mass is 10.5. The van der Waals surface area contributed by atoms with Crippen molar-refractivity contribution < 1.29 is 4.39 Å². The van der Waals surface area contributed by atoms with Crippen LogP contribution in [0.2, 0.25) is 0 Å². The summed E-state index contributed by atoms with van der Waals surface area (Å²) in [5, 5.41) is 0. The van der Waals surface area contributed by atoms with Crippen LogP contribution in [0.25, 0.3) is 0 Å². The Labute approximate surface area is 43.3 Å². The predicted octanol–water partition coefficient (Wildman–Crippen LogP) is 1.44. The van der Waals surface area contributed by atoms with Crippen LogP contribution in [0.5, 0.6) is 0 Å². The lowest BCUT2D eigenvalue weighted by Gasteiger charge is -1.84. The van der Waals surface area contributed by atoms with Gasteiger partial charge in [0, 0.05) is 12.8 Å². The number of hydrogen-bond donors (Lipinski definition) is 0. The number of halogens is 1. The summed E-state index contributed by atoms with van der Waals surface area (Å²) in [6.45, 7) is 4.01. The van der Waals surface area contributed by atoms with Crippen LogP contribution >= 0.6 is 0 Å². The highest BCUT2D eigenvalue weighted by Crippen LogP contribution is 1.80. The fourth-order valence-electron chi connectivity index (χ4n) is 0.251. The molecule has 0 aliphatic carbocycles. The van der Waals surface area contributed by atoms with Gasteiger partial charge < -0.3 is 0 Å². The van der Waals surface area contributed by atoms with E-state index in [-0.39, 0.29) is 0 Å². The smallest absolute Gasteiger partial charge is 0.132 e. The van der Waals surface area contributed by atoms with E-state index >= 15 is 0 Å². The van der Waals surface area contributed by atoms with Crippen molar-refractivity contribution in [1.29, 1.82) is 0 Å². The first-order chi connectivity index (χ1) is 3.27. The molecule has 0 rings (SSSR count). The van der Waals surface area contributed by atoms with Crippen molar-refractivity contribution in [3.8, 4) is 0 Å². The molecule has 0 saturated heterocycles. The summed E-state index contributed by atoms with van der Waals surface area (Å²) in [4.78, 5) is 3.67. The van der Waals surface area contributed by atoms with Gasteiger partial charge in [0.15, 0.2) is 0 Å². The summed E-state index contributed by atoms with van der Waals surface area (Å²) in [5.74, 6) is 0. The van der Waals surface area contributed by atoms with Crippen molar-refractivity contribution in [1.82, 2.24) is 0 Å². The molecule has 0 aliphatic rings. The maximum Gasteiger partial charge on any atom is 0.132 e. The van der Waals surface area contributed by atoms with Crippen LogP contribution in [-0.2, 0) is 0 Å². The van der Waals surface area contributed by atoms with Crippen LogP contribution in [0.3, 0.4) is 0 Å². The Kier molecular flexibility index (Phi) is 3.56. The van der Waals surface area contributed by atoms with Crippen LogP contribution < -0.4 is 0 Å². The van der Waals surface area contributed by atoms with E-state index in [1.807, 2.05) is 6.92 Å². The summed E-state index contributed by atoms with van der Waals surface area (Å²) in [7, 11) is 0. The van der Waals surface area contributed by atoms with Crippen LogP contribution in [0.1, 0.15) is 13.8 Å². The Morgan fingerprint density at radius 2 is 2.43 bits per heavy atom. The minimum absolute atomic E-state index is 0.675. The third-order valence-electron chi connectivity index (χ3n) is 0.493. The SMILES string of the molecule is CCN=CC(C)F. The molecule has 2 heteroatoms. The zero-order valence-electron chi connectivity index (χ0n) is 4.69. The molecule has 42 valence electrons. The molecule has 0 N–H and O–H groups in total. The number of hydrogen-bond acceptors (Lipinski definition) is 1. The topological polar surface area (TPSA) is 12.4 Å². The predicted molar refractivity (Wildman–Crippen MR) is 29.6 cm³/mol. The quantitative estimate of drug-likeness (QED) is 0.469. The normalized spacial score (nSPS) is 15.3. The molecule has 7 heavy (non-hydrogen) atoms. The highest BCUT2D eigenvalue weighted by Gasteiger charge is 1.84. The molecule has 0 spiro atoms. The summed E-state index contributed by atoms with van der Waals surface area (Å²) in [6, 6.07) is 0. The molecule has 0 amide bonds. The highest BCUT2D eigenvalue weighted by molar-refractivity contribution is 5.61. The third kappa shape index (κ3) is 5.60. The van der Waals surface area contributed by atoms with Crippen molar-refractivity contribution in [3.63, 3.8) is 0 Å². The highest BCUT2D eigenvalue weighted by atomic mass is 19.1. The fourth-order valence-corrected chi connectivity index (χ4v) is 0.251. The van der Waals surface area contributed by atoms with E-state index in [1.54, 1.807) is 0 Å². The van der Waals surface area contributed by atoms with Gasteiger partial charge in [-0.05, 0) is 13.8 Å². The van der Waals surface area contributed by atoms with Crippen LogP contribution in [0, 0.1) is 0 Å². The minimum atomic E-state index is -0.889. The lowest BCUT2D eigenvalue weighted by Crippen LogP contribution is -1.92. The first-order valence-corrected chi connectivity index (χ1v) is 2.41. The van der Waals surface area contributed by atoms with E-state index in [0.717, 1.165) is 0 Å². The van der Waals surface area contributed by atoms with Crippen molar-refractivity contribution in [2.24, 2.45) is 4.99 Å². The summed E-state index contributed by atoms with van der Waals surface area (Å²) in [5.41, 5.74) is 0. The maximum atomic E-state index is 11.7.